The number of aryl methyl sites for hydroxylation is 2. The van der Waals surface area contributed by atoms with Gasteiger partial charge >= 0.3 is 0 Å². The highest BCUT2D eigenvalue weighted by Gasteiger charge is 2.42. The van der Waals surface area contributed by atoms with Gasteiger partial charge in [0.15, 0.2) is 11.5 Å². The standard InChI is InChI=1S/C31H41N3O4/c1-7-9-10-14-34-30(22-11-12-24(25(18-22)37-8-2)38-15-13-19(3)4)27-28(32-33-29(27)31(34)36)26-21(6)16-20(5)17-23(26)35/h11-12,16-19,30,35H,7-10,13-15H2,1-6H3,(H,32,33). The molecule has 2 heterocycles. The average Bonchev–Trinajstić information content (AvgIpc) is 3.39. The number of aromatic amines is 1. The topological polar surface area (TPSA) is 87.7 Å². The Morgan fingerprint density at radius 2 is 1.87 bits per heavy atom. The molecule has 1 atom stereocenters. The van der Waals surface area contributed by atoms with Crippen LogP contribution in [-0.2, 0) is 0 Å². The SMILES string of the molecule is CCCCCN1C(=O)c2[nH]nc(-c3c(C)cc(C)cc3O)c2C1c1ccc(OCCC(C)C)c(OCC)c1. The maximum Gasteiger partial charge on any atom is 0.273 e. The first-order valence-corrected chi connectivity index (χ1v) is 13.9. The summed E-state index contributed by atoms with van der Waals surface area (Å²) in [5.41, 5.74) is 5.36. The number of hydrogen-bond donors (Lipinski definition) is 2. The van der Waals surface area contributed by atoms with E-state index in [9.17, 15) is 9.90 Å². The van der Waals surface area contributed by atoms with E-state index in [-0.39, 0.29) is 17.7 Å². The van der Waals surface area contributed by atoms with Crippen LogP contribution in [0.3, 0.4) is 0 Å². The molecule has 7 nitrogen and oxygen atoms in total. The summed E-state index contributed by atoms with van der Waals surface area (Å²) in [5, 5.41) is 18.5. The first kappa shape index (κ1) is 27.6. The normalized spacial score (nSPS) is 14.9. The minimum Gasteiger partial charge on any atom is -0.507 e. The van der Waals surface area contributed by atoms with Crippen LogP contribution >= 0.6 is 0 Å². The molecule has 4 rings (SSSR count). The first-order valence-electron chi connectivity index (χ1n) is 13.9. The summed E-state index contributed by atoms with van der Waals surface area (Å²) in [5.74, 6) is 2.02. The molecule has 1 aromatic heterocycles. The molecule has 1 amide bonds. The highest BCUT2D eigenvalue weighted by Crippen LogP contribution is 2.47. The largest absolute Gasteiger partial charge is 0.507 e. The number of rotatable bonds is 12. The predicted octanol–water partition coefficient (Wildman–Crippen LogP) is 6.96. The summed E-state index contributed by atoms with van der Waals surface area (Å²) in [4.78, 5) is 15.6. The molecular weight excluding hydrogens is 478 g/mol. The second-order valence-electron chi connectivity index (χ2n) is 10.6. The van der Waals surface area contributed by atoms with E-state index in [4.69, 9.17) is 9.47 Å². The van der Waals surface area contributed by atoms with E-state index >= 15 is 0 Å². The number of fused-ring (bicyclic) bond motifs is 1. The number of benzene rings is 2. The molecule has 0 bridgehead atoms. The predicted molar refractivity (Wildman–Crippen MR) is 150 cm³/mol. The van der Waals surface area contributed by atoms with Gasteiger partial charge in [0, 0.05) is 17.7 Å². The van der Waals surface area contributed by atoms with E-state index in [2.05, 4.69) is 31.0 Å². The Labute approximate surface area is 226 Å². The number of aromatic hydroxyl groups is 1. The fourth-order valence-electron chi connectivity index (χ4n) is 5.24. The molecule has 0 radical (unpaired) electrons. The van der Waals surface area contributed by atoms with E-state index < -0.39 is 0 Å². The third kappa shape index (κ3) is 5.52. The van der Waals surface area contributed by atoms with Crippen molar-refractivity contribution in [1.29, 1.82) is 0 Å². The van der Waals surface area contributed by atoms with E-state index in [1.807, 2.05) is 49.9 Å². The molecule has 2 N–H and O–H groups in total. The van der Waals surface area contributed by atoms with E-state index in [0.717, 1.165) is 47.9 Å². The second-order valence-corrected chi connectivity index (χ2v) is 10.6. The zero-order valence-corrected chi connectivity index (χ0v) is 23.6. The van der Waals surface area contributed by atoms with Crippen LogP contribution in [0.2, 0.25) is 0 Å². The number of phenols is 1. The molecule has 0 spiro atoms. The van der Waals surface area contributed by atoms with Gasteiger partial charge in [-0.3, -0.25) is 9.89 Å². The van der Waals surface area contributed by atoms with Crippen molar-refractivity contribution in [1.82, 2.24) is 15.1 Å². The molecule has 204 valence electrons. The molecule has 2 aromatic carbocycles. The van der Waals surface area contributed by atoms with Crippen LogP contribution in [0.4, 0.5) is 0 Å². The van der Waals surface area contributed by atoms with Crippen LogP contribution in [0.25, 0.3) is 11.3 Å². The Morgan fingerprint density at radius 3 is 2.55 bits per heavy atom. The van der Waals surface area contributed by atoms with Gasteiger partial charge < -0.3 is 19.5 Å². The zero-order chi connectivity index (χ0) is 27.4. The van der Waals surface area contributed by atoms with Crippen molar-refractivity contribution < 1.29 is 19.4 Å². The Balaban J connectivity index is 1.81. The van der Waals surface area contributed by atoms with E-state index in [0.29, 0.717) is 54.1 Å². The van der Waals surface area contributed by atoms with Gasteiger partial charge in [-0.1, -0.05) is 45.7 Å². The number of phenolic OH excluding ortho intramolecular Hbond substituents is 1. The first-order chi connectivity index (χ1) is 18.3. The van der Waals surface area contributed by atoms with Crippen molar-refractivity contribution in [3.63, 3.8) is 0 Å². The Morgan fingerprint density at radius 1 is 1.08 bits per heavy atom. The van der Waals surface area contributed by atoms with Gasteiger partial charge in [-0.15, -0.1) is 0 Å². The molecule has 1 aliphatic heterocycles. The third-order valence-electron chi connectivity index (χ3n) is 7.10. The van der Waals surface area contributed by atoms with Gasteiger partial charge in [0.2, 0.25) is 0 Å². The second kappa shape index (κ2) is 11.9. The van der Waals surface area contributed by atoms with Gasteiger partial charge in [-0.05, 0) is 74.4 Å². The molecule has 0 aliphatic carbocycles. The molecule has 3 aromatic rings. The van der Waals surface area contributed by atoms with E-state index in [1.54, 1.807) is 6.07 Å². The van der Waals surface area contributed by atoms with Gasteiger partial charge in [-0.25, -0.2) is 0 Å². The lowest BCUT2D eigenvalue weighted by molar-refractivity contribution is 0.0740. The van der Waals surface area contributed by atoms with Gasteiger partial charge in [0.05, 0.1) is 19.3 Å². The molecule has 0 saturated carbocycles. The number of carbonyl (C=O) groups is 1. The van der Waals surface area contributed by atoms with Crippen molar-refractivity contribution in [2.24, 2.45) is 5.92 Å². The summed E-state index contributed by atoms with van der Waals surface area (Å²) in [6, 6.07) is 9.37. The minimum absolute atomic E-state index is 0.0701. The lowest BCUT2D eigenvalue weighted by atomic mass is 9.93. The van der Waals surface area contributed by atoms with Crippen molar-refractivity contribution in [3.8, 4) is 28.5 Å². The quantitative estimate of drug-likeness (QED) is 0.253. The number of amides is 1. The summed E-state index contributed by atoms with van der Waals surface area (Å²) in [6.07, 6.45) is 3.98. The summed E-state index contributed by atoms with van der Waals surface area (Å²) < 4.78 is 12.1. The van der Waals surface area contributed by atoms with Crippen LogP contribution in [-0.4, -0.2) is 45.9 Å². The van der Waals surface area contributed by atoms with Crippen molar-refractivity contribution >= 4 is 5.91 Å². The summed E-state index contributed by atoms with van der Waals surface area (Å²) in [7, 11) is 0. The smallest absolute Gasteiger partial charge is 0.273 e. The summed E-state index contributed by atoms with van der Waals surface area (Å²) >= 11 is 0. The van der Waals surface area contributed by atoms with Crippen LogP contribution < -0.4 is 9.47 Å². The van der Waals surface area contributed by atoms with Crippen LogP contribution in [0.1, 0.15) is 92.2 Å². The van der Waals surface area contributed by atoms with Gasteiger partial charge in [0.25, 0.3) is 5.91 Å². The Kier molecular flexibility index (Phi) is 8.65. The number of hydrogen-bond acceptors (Lipinski definition) is 5. The number of carbonyl (C=O) groups excluding carboxylic acids is 1. The summed E-state index contributed by atoms with van der Waals surface area (Å²) in [6.45, 7) is 14.1. The number of H-pyrrole nitrogens is 1. The van der Waals surface area contributed by atoms with Gasteiger partial charge in [-0.2, -0.15) is 5.10 Å². The van der Waals surface area contributed by atoms with Gasteiger partial charge in [0.1, 0.15) is 17.1 Å². The molecule has 0 fully saturated rings. The number of ether oxygens (including phenoxy) is 2. The van der Waals surface area contributed by atoms with Crippen LogP contribution in [0, 0.1) is 19.8 Å². The Bertz CT molecular complexity index is 1260. The molecule has 1 unspecified atom stereocenters. The molecular formula is C31H41N3O4. The third-order valence-corrected chi connectivity index (χ3v) is 7.10. The number of aromatic nitrogens is 2. The molecule has 0 saturated heterocycles. The fraction of sp³-hybridized carbons (Fsp3) is 0.484. The number of unbranched alkanes of at least 4 members (excludes halogenated alkanes) is 2. The van der Waals surface area contributed by atoms with E-state index in [1.165, 1.54) is 0 Å². The lowest BCUT2D eigenvalue weighted by Gasteiger charge is -2.27. The minimum atomic E-state index is -0.355. The van der Waals surface area contributed by atoms with Crippen molar-refractivity contribution in [3.05, 3.63) is 58.3 Å². The molecule has 7 heteroatoms. The highest BCUT2D eigenvalue weighted by molar-refractivity contribution is 6.00. The molecule has 1 aliphatic rings. The highest BCUT2D eigenvalue weighted by atomic mass is 16.5. The van der Waals surface area contributed by atoms with Crippen molar-refractivity contribution in [2.45, 2.75) is 73.3 Å². The lowest BCUT2D eigenvalue weighted by Crippen LogP contribution is -2.30. The average molecular weight is 520 g/mol. The fourth-order valence-corrected chi connectivity index (χ4v) is 5.24. The molecule has 38 heavy (non-hydrogen) atoms. The van der Waals surface area contributed by atoms with Crippen LogP contribution in [0.5, 0.6) is 17.2 Å². The monoisotopic (exact) mass is 519 g/mol. The number of nitrogens with one attached hydrogen (secondary N) is 1. The van der Waals surface area contributed by atoms with Crippen LogP contribution in [0.15, 0.2) is 30.3 Å². The maximum atomic E-state index is 13.7. The van der Waals surface area contributed by atoms with Crippen molar-refractivity contribution in [2.75, 3.05) is 19.8 Å². The zero-order valence-electron chi connectivity index (χ0n) is 23.6. The number of nitrogens with zero attached hydrogens (tertiary/aromatic N) is 2. The maximum absolute atomic E-state index is 13.7. The Hall–Kier alpha value is -3.48.